The summed E-state index contributed by atoms with van der Waals surface area (Å²) in [5.41, 5.74) is 0.122. The Morgan fingerprint density at radius 2 is 2.08 bits per heavy atom. The second kappa shape index (κ2) is 6.97. The maximum Gasteiger partial charge on any atom is 0.251 e. The Labute approximate surface area is 151 Å². The van der Waals surface area contributed by atoms with Gasteiger partial charge < -0.3 is 10.6 Å². The van der Waals surface area contributed by atoms with Crippen molar-refractivity contribution < 1.29 is 26.4 Å². The van der Waals surface area contributed by atoms with Gasteiger partial charge in [-0.1, -0.05) is 6.07 Å². The van der Waals surface area contributed by atoms with E-state index in [-0.39, 0.29) is 47.5 Å². The van der Waals surface area contributed by atoms with Gasteiger partial charge in [-0.3, -0.25) is 9.59 Å². The highest BCUT2D eigenvalue weighted by Gasteiger charge is 2.31. The first-order valence-corrected chi connectivity index (χ1v) is 11.3. The molecule has 2 aliphatic heterocycles. The Morgan fingerprint density at radius 1 is 1.31 bits per heavy atom. The topological polar surface area (TPSA) is 130 Å². The lowest BCUT2D eigenvalue weighted by Gasteiger charge is -2.26. The molecular formula is C15H19N3O6S2. The van der Waals surface area contributed by atoms with Crippen LogP contribution in [-0.2, 0) is 24.7 Å². The number of carbonyl (C=O) groups is 2. The smallest absolute Gasteiger partial charge is 0.251 e. The number of rotatable bonds is 4. The van der Waals surface area contributed by atoms with Gasteiger partial charge in [0, 0.05) is 24.7 Å². The van der Waals surface area contributed by atoms with E-state index in [1.54, 1.807) is 0 Å². The average Bonchev–Trinajstić information content (AvgIpc) is 2.93. The minimum atomic E-state index is -3.90. The van der Waals surface area contributed by atoms with E-state index >= 15 is 0 Å². The van der Waals surface area contributed by atoms with Crippen LogP contribution in [0.1, 0.15) is 16.8 Å². The molecule has 2 amide bonds. The molecule has 2 aliphatic rings. The lowest BCUT2D eigenvalue weighted by molar-refractivity contribution is -0.122. The van der Waals surface area contributed by atoms with Gasteiger partial charge in [-0.15, -0.1) is 0 Å². The fourth-order valence-electron chi connectivity index (χ4n) is 2.94. The third-order valence-electron chi connectivity index (χ3n) is 4.30. The van der Waals surface area contributed by atoms with Crippen LogP contribution in [0.2, 0.25) is 0 Å². The summed E-state index contributed by atoms with van der Waals surface area (Å²) in [6.45, 7) is 0.123. The van der Waals surface area contributed by atoms with Gasteiger partial charge in [-0.25, -0.2) is 16.8 Å². The van der Waals surface area contributed by atoms with E-state index in [0.29, 0.717) is 6.42 Å². The van der Waals surface area contributed by atoms with E-state index < -0.39 is 31.8 Å². The van der Waals surface area contributed by atoms with Crippen LogP contribution in [0.5, 0.6) is 0 Å². The molecule has 0 unspecified atom stereocenters. The van der Waals surface area contributed by atoms with E-state index in [0.717, 1.165) is 4.31 Å². The molecule has 2 heterocycles. The van der Waals surface area contributed by atoms with Crippen molar-refractivity contribution in [1.29, 1.82) is 0 Å². The second-order valence-electron chi connectivity index (χ2n) is 6.29. The second-order valence-corrected chi connectivity index (χ2v) is 10.5. The fraction of sp³-hybridized carbons (Fsp3) is 0.467. The summed E-state index contributed by atoms with van der Waals surface area (Å²) in [5.74, 6) is -0.986. The minimum Gasteiger partial charge on any atom is -0.354 e. The van der Waals surface area contributed by atoms with Crippen molar-refractivity contribution in [2.75, 3.05) is 31.1 Å². The summed E-state index contributed by atoms with van der Waals surface area (Å²) in [5, 5.41) is 5.18. The lowest BCUT2D eigenvalue weighted by atomic mass is 10.2. The largest absolute Gasteiger partial charge is 0.354 e. The van der Waals surface area contributed by atoms with Crippen molar-refractivity contribution in [3.8, 4) is 0 Å². The van der Waals surface area contributed by atoms with Crippen LogP contribution in [0.25, 0.3) is 0 Å². The van der Waals surface area contributed by atoms with Crippen molar-refractivity contribution in [2.45, 2.75) is 17.4 Å². The van der Waals surface area contributed by atoms with Gasteiger partial charge >= 0.3 is 0 Å². The van der Waals surface area contributed by atoms with E-state index in [9.17, 15) is 26.4 Å². The number of hydrogen-bond acceptors (Lipinski definition) is 6. The molecular weight excluding hydrogens is 382 g/mol. The molecule has 2 N–H and O–H groups in total. The molecule has 0 radical (unpaired) electrons. The Kier molecular flexibility index (Phi) is 5.04. The highest BCUT2D eigenvalue weighted by molar-refractivity contribution is 7.91. The number of piperazine rings is 1. The maximum absolute atomic E-state index is 12.7. The molecule has 0 aliphatic carbocycles. The van der Waals surface area contributed by atoms with Crippen molar-refractivity contribution in [3.63, 3.8) is 0 Å². The number of sulfonamides is 1. The van der Waals surface area contributed by atoms with Crippen LogP contribution in [0.3, 0.4) is 0 Å². The van der Waals surface area contributed by atoms with Crippen molar-refractivity contribution in [2.24, 2.45) is 0 Å². The Hall–Kier alpha value is -1.98. The maximum atomic E-state index is 12.7. The number of hydrogen-bond donors (Lipinski definition) is 2. The van der Waals surface area contributed by atoms with Gasteiger partial charge in [0.05, 0.1) is 22.9 Å². The number of sulfone groups is 1. The predicted octanol–water partition coefficient (Wildman–Crippen LogP) is -1.28. The number of amides is 2. The van der Waals surface area contributed by atoms with Gasteiger partial charge in [0.2, 0.25) is 15.9 Å². The van der Waals surface area contributed by atoms with Gasteiger partial charge in [-0.2, -0.15) is 4.31 Å². The first kappa shape index (κ1) is 18.8. The van der Waals surface area contributed by atoms with Gasteiger partial charge in [0.15, 0.2) is 9.84 Å². The zero-order chi connectivity index (χ0) is 18.9. The zero-order valence-electron chi connectivity index (χ0n) is 13.8. The normalized spacial score (nSPS) is 23.4. The molecule has 0 aromatic heterocycles. The Morgan fingerprint density at radius 3 is 2.73 bits per heavy atom. The number of benzene rings is 1. The number of carbonyl (C=O) groups excluding carboxylic acids is 2. The zero-order valence-corrected chi connectivity index (χ0v) is 15.5. The van der Waals surface area contributed by atoms with Crippen LogP contribution in [0, 0.1) is 0 Å². The highest BCUT2D eigenvalue weighted by atomic mass is 32.2. The van der Waals surface area contributed by atoms with Crippen LogP contribution >= 0.6 is 0 Å². The molecule has 1 aromatic rings. The average molecular weight is 401 g/mol. The molecule has 2 saturated heterocycles. The first-order valence-electron chi connectivity index (χ1n) is 8.06. The summed E-state index contributed by atoms with van der Waals surface area (Å²) in [7, 11) is -7.03. The fourth-order valence-corrected chi connectivity index (χ4v) is 6.06. The Bertz CT molecular complexity index is 942. The van der Waals surface area contributed by atoms with Crippen molar-refractivity contribution in [1.82, 2.24) is 14.9 Å². The van der Waals surface area contributed by atoms with E-state index in [1.807, 2.05) is 0 Å². The summed E-state index contributed by atoms with van der Waals surface area (Å²) in [6.07, 6.45) is 0.342. The molecule has 0 bridgehead atoms. The molecule has 3 rings (SSSR count). The third-order valence-corrected chi connectivity index (χ3v) is 7.91. The first-order chi connectivity index (χ1) is 12.2. The molecule has 2 fully saturated rings. The van der Waals surface area contributed by atoms with E-state index in [1.165, 1.54) is 24.3 Å². The molecule has 1 aromatic carbocycles. The van der Waals surface area contributed by atoms with Crippen LogP contribution in [0.4, 0.5) is 0 Å². The third kappa shape index (κ3) is 4.05. The highest BCUT2D eigenvalue weighted by Crippen LogP contribution is 2.18. The van der Waals surface area contributed by atoms with Gasteiger partial charge in [-0.05, 0) is 24.6 Å². The van der Waals surface area contributed by atoms with Crippen molar-refractivity contribution in [3.05, 3.63) is 29.8 Å². The minimum absolute atomic E-state index is 0.0311. The van der Waals surface area contributed by atoms with Gasteiger partial charge in [0.25, 0.3) is 5.91 Å². The number of nitrogens with zero attached hydrogens (tertiary/aromatic N) is 1. The number of nitrogens with one attached hydrogen (secondary N) is 2. The van der Waals surface area contributed by atoms with E-state index in [2.05, 4.69) is 10.6 Å². The SMILES string of the molecule is O=C1CN(S(=O)(=O)c2cccc(C(=O)N[C@H]3CCS(=O)(=O)C3)c2)CCN1. The van der Waals surface area contributed by atoms with Crippen molar-refractivity contribution >= 4 is 31.7 Å². The molecule has 0 saturated carbocycles. The monoisotopic (exact) mass is 401 g/mol. The summed E-state index contributed by atoms with van der Waals surface area (Å²) < 4.78 is 49.4. The van der Waals surface area contributed by atoms with E-state index in [4.69, 9.17) is 0 Å². The van der Waals surface area contributed by atoms with Gasteiger partial charge in [0.1, 0.15) is 0 Å². The van der Waals surface area contributed by atoms with Crippen LogP contribution in [0.15, 0.2) is 29.2 Å². The van der Waals surface area contributed by atoms with Crippen LogP contribution < -0.4 is 10.6 Å². The molecule has 1 atom stereocenters. The molecule has 9 nitrogen and oxygen atoms in total. The summed E-state index contributed by atoms with van der Waals surface area (Å²) in [4.78, 5) is 23.7. The predicted molar refractivity (Wildman–Crippen MR) is 92.7 cm³/mol. The molecule has 142 valence electrons. The summed E-state index contributed by atoms with van der Waals surface area (Å²) in [6, 6.07) is 5.02. The molecule has 26 heavy (non-hydrogen) atoms. The summed E-state index contributed by atoms with van der Waals surface area (Å²) >= 11 is 0. The quantitative estimate of drug-likeness (QED) is 0.647. The Balaban J connectivity index is 1.77. The standard InChI is InChI=1S/C15H19N3O6S2/c19-14-9-18(6-5-16-14)26(23,24)13-3-1-2-11(8-13)15(20)17-12-4-7-25(21,22)10-12/h1-3,8,12H,4-7,9-10H2,(H,16,19)(H,17,20)/t12-/m0/s1. The molecule has 0 spiro atoms. The lowest BCUT2D eigenvalue weighted by Crippen LogP contribution is -2.49. The van der Waals surface area contributed by atoms with Crippen LogP contribution in [-0.4, -0.2) is 70.1 Å². The molecule has 11 heteroatoms.